The van der Waals surface area contributed by atoms with Gasteiger partial charge in [-0.1, -0.05) is 31.7 Å². The Hall–Kier alpha value is -3.31. The summed E-state index contributed by atoms with van der Waals surface area (Å²) in [6.07, 6.45) is 2.02. The first-order valence-electron chi connectivity index (χ1n) is 15.3. The minimum Gasteiger partial charge on any atom is -0.482 e. The molecule has 3 heterocycles. The summed E-state index contributed by atoms with van der Waals surface area (Å²) in [5.74, 6) is 0.631. The highest BCUT2D eigenvalue weighted by Gasteiger charge is 2.45. The first-order chi connectivity index (χ1) is 20.8. The second-order valence-corrected chi connectivity index (χ2v) is 14.0. The third-order valence-electron chi connectivity index (χ3n) is 7.71. The van der Waals surface area contributed by atoms with Crippen LogP contribution in [0.4, 0.5) is 9.59 Å². The number of carbonyl (C=O) groups excluding carboxylic acids is 3. The van der Waals surface area contributed by atoms with E-state index in [2.05, 4.69) is 24.8 Å². The number of nitrogens with zero attached hydrogens (tertiary/aromatic N) is 4. The summed E-state index contributed by atoms with van der Waals surface area (Å²) in [5.41, 5.74) is 1.64. The average Bonchev–Trinajstić information content (AvgIpc) is 3.28. The van der Waals surface area contributed by atoms with Crippen molar-refractivity contribution in [1.29, 1.82) is 0 Å². The van der Waals surface area contributed by atoms with E-state index in [9.17, 15) is 14.4 Å². The van der Waals surface area contributed by atoms with Gasteiger partial charge in [-0.15, -0.1) is 0 Å². The molecular formula is C33H46N4O6S. The lowest BCUT2D eigenvalue weighted by Crippen LogP contribution is -2.49. The Kier molecular flexibility index (Phi) is 11.2. The number of methoxy groups -OCH3 is 1. The van der Waals surface area contributed by atoms with Gasteiger partial charge in [0.2, 0.25) is 0 Å². The van der Waals surface area contributed by atoms with Crippen molar-refractivity contribution in [2.75, 3.05) is 33.4 Å². The van der Waals surface area contributed by atoms with Crippen molar-refractivity contribution >= 4 is 29.9 Å². The second-order valence-electron chi connectivity index (χ2n) is 12.9. The minimum atomic E-state index is -0.574. The van der Waals surface area contributed by atoms with Crippen LogP contribution in [0.3, 0.4) is 0 Å². The summed E-state index contributed by atoms with van der Waals surface area (Å²) in [7, 11) is 1.32. The molecule has 2 aliphatic heterocycles. The number of hydrogen-bond acceptors (Lipinski definition) is 9. The SMILES string of the molecule is COC(=O)N1CC(CC(C)C)N(C2CCN(Cc3ccc(Sc4ccc(OCC(=O)OC(C)(C)C)cc4)nc3C)CC2)C1=O. The number of ether oxygens (including phenoxy) is 3. The number of urea groups is 1. The third-order valence-corrected chi connectivity index (χ3v) is 8.66. The molecule has 0 bridgehead atoms. The standard InChI is InChI=1S/C33H46N4O6S/c1-22(2)18-26-20-36(32(40)41-7)31(39)37(26)25-14-16-35(17-15-25)19-24-8-13-29(34-23(24)3)44-28-11-9-27(10-12-28)42-21-30(38)43-33(4,5)6/h8-13,22,25-26H,14-21H2,1-7H3. The Balaban J connectivity index is 1.28. The largest absolute Gasteiger partial charge is 0.482 e. The number of amides is 3. The van der Waals surface area contributed by atoms with Gasteiger partial charge in [-0.3, -0.25) is 4.90 Å². The first kappa shape index (κ1) is 33.6. The Morgan fingerprint density at radius 1 is 1.07 bits per heavy atom. The fourth-order valence-electron chi connectivity index (χ4n) is 5.75. The fourth-order valence-corrected chi connectivity index (χ4v) is 6.58. The molecule has 1 atom stereocenters. The molecule has 4 rings (SSSR count). The molecule has 0 spiro atoms. The molecule has 2 saturated heterocycles. The average molecular weight is 627 g/mol. The number of imide groups is 1. The molecule has 0 saturated carbocycles. The van der Waals surface area contributed by atoms with Crippen LogP contribution in [0.2, 0.25) is 0 Å². The molecule has 0 radical (unpaired) electrons. The Morgan fingerprint density at radius 2 is 1.75 bits per heavy atom. The van der Waals surface area contributed by atoms with E-state index < -0.39 is 17.7 Å². The van der Waals surface area contributed by atoms with Gasteiger partial charge in [-0.05, 0) is 88.8 Å². The highest BCUT2D eigenvalue weighted by molar-refractivity contribution is 7.99. The molecule has 0 N–H and O–H groups in total. The molecule has 2 fully saturated rings. The van der Waals surface area contributed by atoms with Crippen molar-refractivity contribution in [3.63, 3.8) is 0 Å². The fraction of sp³-hybridized carbons (Fsp3) is 0.576. The number of carbonyl (C=O) groups is 3. The number of rotatable bonds is 10. The molecular weight excluding hydrogens is 580 g/mol. The van der Waals surface area contributed by atoms with Gasteiger partial charge in [0.15, 0.2) is 6.61 Å². The number of aryl methyl sites for hydroxylation is 1. The lowest BCUT2D eigenvalue weighted by Gasteiger charge is -2.39. The number of benzene rings is 1. The van der Waals surface area contributed by atoms with Gasteiger partial charge in [0, 0.05) is 36.3 Å². The van der Waals surface area contributed by atoms with Crippen LogP contribution in [0.15, 0.2) is 46.3 Å². The monoisotopic (exact) mass is 626 g/mol. The highest BCUT2D eigenvalue weighted by atomic mass is 32.2. The van der Waals surface area contributed by atoms with Crippen LogP contribution in [0.5, 0.6) is 5.75 Å². The number of aromatic nitrogens is 1. The molecule has 11 heteroatoms. The van der Waals surface area contributed by atoms with E-state index in [0.717, 1.165) is 54.5 Å². The number of piperidine rings is 1. The molecule has 1 aromatic heterocycles. The topological polar surface area (TPSA) is 102 Å². The van der Waals surface area contributed by atoms with Gasteiger partial charge >= 0.3 is 18.1 Å². The molecule has 2 aliphatic rings. The van der Waals surface area contributed by atoms with Gasteiger partial charge in [0.1, 0.15) is 16.4 Å². The summed E-state index contributed by atoms with van der Waals surface area (Å²) in [6.45, 7) is 14.6. The normalized spacial score (nSPS) is 18.2. The minimum absolute atomic E-state index is 0.0237. The number of esters is 1. The van der Waals surface area contributed by atoms with Crippen molar-refractivity contribution in [1.82, 2.24) is 19.7 Å². The van der Waals surface area contributed by atoms with Crippen LogP contribution < -0.4 is 4.74 Å². The van der Waals surface area contributed by atoms with E-state index in [-0.39, 0.29) is 24.7 Å². The Morgan fingerprint density at radius 3 is 2.34 bits per heavy atom. The van der Waals surface area contributed by atoms with E-state index in [1.807, 2.05) is 62.9 Å². The maximum atomic E-state index is 13.2. The van der Waals surface area contributed by atoms with Gasteiger partial charge < -0.3 is 19.1 Å². The summed E-state index contributed by atoms with van der Waals surface area (Å²) in [5, 5.41) is 0.909. The molecule has 0 aliphatic carbocycles. The summed E-state index contributed by atoms with van der Waals surface area (Å²) in [4.78, 5) is 48.8. The summed E-state index contributed by atoms with van der Waals surface area (Å²) in [6, 6.07) is 11.7. The van der Waals surface area contributed by atoms with Crippen LogP contribution in [-0.4, -0.2) is 88.8 Å². The van der Waals surface area contributed by atoms with Crippen LogP contribution in [0.25, 0.3) is 0 Å². The number of hydrogen-bond donors (Lipinski definition) is 0. The van der Waals surface area contributed by atoms with Gasteiger partial charge in [0.25, 0.3) is 0 Å². The van der Waals surface area contributed by atoms with Gasteiger partial charge in [-0.2, -0.15) is 0 Å². The van der Waals surface area contributed by atoms with E-state index in [1.54, 1.807) is 11.8 Å². The zero-order valence-corrected chi connectivity index (χ0v) is 27.8. The first-order valence-corrected chi connectivity index (χ1v) is 16.1. The highest BCUT2D eigenvalue weighted by Crippen LogP contribution is 2.31. The van der Waals surface area contributed by atoms with Crippen molar-refractivity contribution < 1.29 is 28.6 Å². The van der Waals surface area contributed by atoms with Crippen LogP contribution in [0.1, 0.15) is 65.1 Å². The molecule has 240 valence electrons. The lowest BCUT2D eigenvalue weighted by molar-refractivity contribution is -0.157. The van der Waals surface area contributed by atoms with Crippen LogP contribution in [-0.2, 0) is 20.8 Å². The molecule has 2 aromatic rings. The van der Waals surface area contributed by atoms with E-state index in [1.165, 1.54) is 17.6 Å². The predicted molar refractivity (Wildman–Crippen MR) is 169 cm³/mol. The molecule has 1 aromatic carbocycles. The molecule has 3 amide bonds. The quantitative estimate of drug-likeness (QED) is 0.288. The van der Waals surface area contributed by atoms with Gasteiger partial charge in [-0.25, -0.2) is 24.3 Å². The zero-order valence-electron chi connectivity index (χ0n) is 27.0. The molecule has 1 unspecified atom stereocenters. The summed E-state index contributed by atoms with van der Waals surface area (Å²) < 4.78 is 15.7. The lowest BCUT2D eigenvalue weighted by atomic mass is 9.98. The van der Waals surface area contributed by atoms with Crippen molar-refractivity contribution in [2.45, 2.75) is 95.0 Å². The smallest absolute Gasteiger partial charge is 0.417 e. The van der Waals surface area contributed by atoms with Crippen molar-refractivity contribution in [2.24, 2.45) is 5.92 Å². The second kappa shape index (κ2) is 14.6. The molecule has 44 heavy (non-hydrogen) atoms. The third kappa shape index (κ3) is 9.11. The van der Waals surface area contributed by atoms with Crippen LogP contribution >= 0.6 is 11.8 Å². The maximum Gasteiger partial charge on any atom is 0.417 e. The number of pyridine rings is 1. The Bertz CT molecular complexity index is 1300. The van der Waals surface area contributed by atoms with Crippen molar-refractivity contribution in [3.05, 3.63) is 47.7 Å². The van der Waals surface area contributed by atoms with E-state index >= 15 is 0 Å². The number of likely N-dealkylation sites (tertiary alicyclic amines) is 1. The predicted octanol–water partition coefficient (Wildman–Crippen LogP) is 6.14. The van der Waals surface area contributed by atoms with Crippen molar-refractivity contribution in [3.8, 4) is 5.75 Å². The van der Waals surface area contributed by atoms with E-state index in [0.29, 0.717) is 18.2 Å². The van der Waals surface area contributed by atoms with E-state index in [4.69, 9.17) is 19.2 Å². The van der Waals surface area contributed by atoms with Crippen LogP contribution in [0, 0.1) is 12.8 Å². The van der Waals surface area contributed by atoms with Gasteiger partial charge in [0.05, 0.1) is 19.7 Å². The maximum absolute atomic E-state index is 13.2. The summed E-state index contributed by atoms with van der Waals surface area (Å²) >= 11 is 1.57. The molecule has 10 nitrogen and oxygen atoms in total. The zero-order chi connectivity index (χ0) is 32.0. The Labute approximate surface area is 265 Å².